The Bertz CT molecular complexity index is 2100. The molecule has 0 atom stereocenters. The second-order valence-electron chi connectivity index (χ2n) is 9.33. The quantitative estimate of drug-likeness (QED) is 0.238. The van der Waals surface area contributed by atoms with Gasteiger partial charge in [-0.15, -0.1) is 0 Å². The number of rotatable bonds is 2. The summed E-state index contributed by atoms with van der Waals surface area (Å²) in [6.45, 7) is 0. The summed E-state index contributed by atoms with van der Waals surface area (Å²) >= 11 is 0. The van der Waals surface area contributed by atoms with Crippen LogP contribution in [-0.2, 0) is 0 Å². The molecule has 0 N–H and O–H groups in total. The monoisotopic (exact) mass is 459 g/mol. The van der Waals surface area contributed by atoms with Crippen molar-refractivity contribution >= 4 is 49.0 Å². The Hall–Kier alpha value is -4.89. The molecule has 8 rings (SSSR count). The van der Waals surface area contributed by atoms with Gasteiger partial charge in [0.25, 0.3) is 0 Å². The zero-order chi connectivity index (χ0) is 23.6. The molecule has 3 nitrogen and oxygen atoms in total. The van der Waals surface area contributed by atoms with Crippen LogP contribution in [0.4, 0.5) is 0 Å². The molecule has 0 unspecified atom stereocenters. The van der Waals surface area contributed by atoms with Crippen LogP contribution in [0.15, 0.2) is 128 Å². The van der Waals surface area contributed by atoms with E-state index < -0.39 is 0 Å². The summed E-state index contributed by atoms with van der Waals surface area (Å²) in [5.41, 5.74) is 8.33. The highest BCUT2D eigenvalue weighted by atomic mass is 15.2. The molecule has 0 aliphatic rings. The maximum atomic E-state index is 4.58. The molecule has 0 saturated carbocycles. The molecule has 0 radical (unpaired) electrons. The summed E-state index contributed by atoms with van der Waals surface area (Å²) in [7, 11) is 0. The van der Waals surface area contributed by atoms with Gasteiger partial charge in [-0.3, -0.25) is 0 Å². The Balaban J connectivity index is 1.40. The number of nitrogens with zero attached hydrogens (tertiary/aromatic N) is 3. The highest BCUT2D eigenvalue weighted by Gasteiger charge is 2.14. The fourth-order valence-corrected chi connectivity index (χ4v) is 5.76. The Morgan fingerprint density at radius 3 is 1.83 bits per heavy atom. The summed E-state index contributed by atoms with van der Waals surface area (Å²) < 4.78 is 4.40. The predicted octanol–water partition coefficient (Wildman–Crippen LogP) is 8.40. The van der Waals surface area contributed by atoms with Crippen molar-refractivity contribution in [1.82, 2.24) is 14.2 Å². The van der Waals surface area contributed by atoms with Gasteiger partial charge in [0.05, 0.1) is 28.3 Å². The molecule has 0 spiro atoms. The van der Waals surface area contributed by atoms with Crippen molar-refractivity contribution in [2.24, 2.45) is 0 Å². The van der Waals surface area contributed by atoms with E-state index >= 15 is 0 Å². The minimum atomic E-state index is 1.13. The first-order chi connectivity index (χ1) is 17.9. The number of hydrogen-bond acceptors (Lipinski definition) is 1. The molecule has 3 aromatic heterocycles. The number of hydrogen-bond donors (Lipinski definition) is 0. The van der Waals surface area contributed by atoms with Crippen LogP contribution in [0.5, 0.6) is 0 Å². The van der Waals surface area contributed by atoms with E-state index in [4.69, 9.17) is 0 Å². The summed E-state index contributed by atoms with van der Waals surface area (Å²) in [4.78, 5) is 0. The van der Waals surface area contributed by atoms with Gasteiger partial charge in [-0.2, -0.15) is 5.10 Å². The Morgan fingerprint density at radius 1 is 0.417 bits per heavy atom. The van der Waals surface area contributed by atoms with E-state index in [9.17, 15) is 0 Å². The number of para-hydroxylation sites is 3. The van der Waals surface area contributed by atoms with Gasteiger partial charge in [0.2, 0.25) is 0 Å². The number of aromatic nitrogens is 3. The Morgan fingerprint density at radius 2 is 1.00 bits per heavy atom. The first-order valence-corrected chi connectivity index (χ1v) is 12.2. The molecular formula is C33H21N3. The first kappa shape index (κ1) is 19.4. The van der Waals surface area contributed by atoms with Gasteiger partial charge in [0, 0.05) is 27.2 Å². The van der Waals surface area contributed by atoms with E-state index in [1.807, 2.05) is 10.7 Å². The van der Waals surface area contributed by atoms with Crippen LogP contribution in [0, 0.1) is 0 Å². The van der Waals surface area contributed by atoms with Gasteiger partial charge in [-0.1, -0.05) is 72.8 Å². The maximum absolute atomic E-state index is 4.58. The topological polar surface area (TPSA) is 22.2 Å². The van der Waals surface area contributed by atoms with Gasteiger partial charge in [-0.25, -0.2) is 4.52 Å². The molecule has 0 fully saturated rings. The fourth-order valence-electron chi connectivity index (χ4n) is 5.76. The van der Waals surface area contributed by atoms with Crippen LogP contribution < -0.4 is 0 Å². The van der Waals surface area contributed by atoms with Crippen molar-refractivity contribution in [3.63, 3.8) is 0 Å². The standard InChI is InChI=1S/C33H21N3/c1-2-8-24(9-3-1)35-30-12-6-4-11-26(30)29-21-23(15-17-31(29)35)22-14-16-27-28(20-22)25-10-5-7-13-32(25)36-33(27)18-19-34-36/h1-21H. The molecule has 8 aromatic rings. The summed E-state index contributed by atoms with van der Waals surface area (Å²) in [5, 5.41) is 10.8. The van der Waals surface area contributed by atoms with Gasteiger partial charge in [0.1, 0.15) is 0 Å². The lowest BCUT2D eigenvalue weighted by Gasteiger charge is -2.11. The van der Waals surface area contributed by atoms with Crippen LogP contribution in [0.2, 0.25) is 0 Å². The van der Waals surface area contributed by atoms with Gasteiger partial charge >= 0.3 is 0 Å². The molecule has 0 saturated heterocycles. The fraction of sp³-hybridized carbons (Fsp3) is 0. The van der Waals surface area contributed by atoms with Gasteiger partial charge in [0.15, 0.2) is 0 Å². The Labute approximate surface area is 207 Å². The number of benzene rings is 5. The van der Waals surface area contributed by atoms with Crippen molar-refractivity contribution in [2.75, 3.05) is 0 Å². The van der Waals surface area contributed by atoms with E-state index in [1.165, 1.54) is 54.8 Å². The molecule has 168 valence electrons. The molecule has 0 bridgehead atoms. The zero-order valence-corrected chi connectivity index (χ0v) is 19.5. The molecule has 3 heteroatoms. The van der Waals surface area contributed by atoms with Gasteiger partial charge < -0.3 is 4.57 Å². The average Bonchev–Trinajstić information content (AvgIpc) is 3.57. The summed E-state index contributed by atoms with van der Waals surface area (Å²) in [6.07, 6.45) is 1.88. The molecule has 0 aliphatic carbocycles. The first-order valence-electron chi connectivity index (χ1n) is 12.2. The number of fused-ring (bicyclic) bond motifs is 9. The summed E-state index contributed by atoms with van der Waals surface area (Å²) in [5.74, 6) is 0. The van der Waals surface area contributed by atoms with Crippen LogP contribution in [-0.4, -0.2) is 14.2 Å². The lowest BCUT2D eigenvalue weighted by atomic mass is 9.97. The van der Waals surface area contributed by atoms with Gasteiger partial charge in [-0.05, 0) is 65.0 Å². The second kappa shape index (κ2) is 7.30. The number of pyridine rings is 1. The van der Waals surface area contributed by atoms with E-state index in [0.29, 0.717) is 0 Å². The highest BCUT2D eigenvalue weighted by molar-refractivity contribution is 6.14. The molecule has 5 aromatic carbocycles. The lowest BCUT2D eigenvalue weighted by Crippen LogP contribution is -1.93. The van der Waals surface area contributed by atoms with Crippen molar-refractivity contribution in [3.8, 4) is 16.8 Å². The van der Waals surface area contributed by atoms with Crippen LogP contribution in [0.25, 0.3) is 65.8 Å². The minimum absolute atomic E-state index is 1.13. The smallest absolute Gasteiger partial charge is 0.0747 e. The van der Waals surface area contributed by atoms with Crippen molar-refractivity contribution < 1.29 is 0 Å². The largest absolute Gasteiger partial charge is 0.309 e. The van der Waals surface area contributed by atoms with Crippen molar-refractivity contribution in [3.05, 3.63) is 128 Å². The average molecular weight is 460 g/mol. The van der Waals surface area contributed by atoms with E-state index in [1.54, 1.807) is 0 Å². The SMILES string of the molecule is c1ccc(-n2c3ccccc3c3cc(-c4ccc5c(c4)c4ccccc4n4nccc54)ccc32)cc1. The zero-order valence-electron chi connectivity index (χ0n) is 19.5. The minimum Gasteiger partial charge on any atom is -0.309 e. The third-order valence-corrected chi connectivity index (χ3v) is 7.38. The van der Waals surface area contributed by atoms with E-state index in [-0.39, 0.29) is 0 Å². The van der Waals surface area contributed by atoms with E-state index in [0.717, 1.165) is 11.0 Å². The normalized spacial score (nSPS) is 11.9. The van der Waals surface area contributed by atoms with Crippen molar-refractivity contribution in [2.45, 2.75) is 0 Å². The molecular weight excluding hydrogens is 438 g/mol. The molecule has 3 heterocycles. The molecule has 0 amide bonds. The second-order valence-corrected chi connectivity index (χ2v) is 9.33. The van der Waals surface area contributed by atoms with Crippen molar-refractivity contribution in [1.29, 1.82) is 0 Å². The lowest BCUT2D eigenvalue weighted by molar-refractivity contribution is 1.01. The molecule has 36 heavy (non-hydrogen) atoms. The highest BCUT2D eigenvalue weighted by Crippen LogP contribution is 2.37. The third-order valence-electron chi connectivity index (χ3n) is 7.38. The third kappa shape index (κ3) is 2.65. The van der Waals surface area contributed by atoms with Crippen LogP contribution in [0.1, 0.15) is 0 Å². The van der Waals surface area contributed by atoms with Crippen LogP contribution >= 0.6 is 0 Å². The van der Waals surface area contributed by atoms with Crippen LogP contribution in [0.3, 0.4) is 0 Å². The maximum Gasteiger partial charge on any atom is 0.0747 e. The summed E-state index contributed by atoms with van der Waals surface area (Å²) in [6, 6.07) is 43.6. The molecule has 0 aliphatic heterocycles. The Kier molecular flexibility index (Phi) is 3.94. The van der Waals surface area contributed by atoms with E-state index in [2.05, 4.69) is 131 Å². The predicted molar refractivity (Wildman–Crippen MR) is 150 cm³/mol.